The van der Waals surface area contributed by atoms with Gasteiger partial charge in [-0.3, -0.25) is 9.59 Å². The Kier molecular flexibility index (Phi) is 4.54. The minimum absolute atomic E-state index is 0.0754. The average Bonchev–Trinajstić information content (AvgIpc) is 2.78. The number of carboxylic acid groups (broad SMARTS) is 1. The highest BCUT2D eigenvalue weighted by molar-refractivity contribution is 7.89. The van der Waals surface area contributed by atoms with Crippen molar-refractivity contribution < 1.29 is 27.5 Å². The molecule has 0 aliphatic heterocycles. The molecule has 1 fully saturated rings. The molecule has 0 radical (unpaired) electrons. The standard InChI is InChI=1S/C14H20N2O6S/c1-9-11(23(20,21)16(2)3)7-10(22-9)13(19)15-14(5-4-6-14)8-12(17)18/h7H,4-6,8H2,1-3H3,(H,15,19)(H,17,18). The summed E-state index contributed by atoms with van der Waals surface area (Å²) in [5.74, 6) is -1.62. The highest BCUT2D eigenvalue weighted by Gasteiger charge is 2.41. The second-order valence-electron chi connectivity index (χ2n) is 5.98. The number of carbonyl (C=O) groups excluding carboxylic acids is 1. The average molecular weight is 344 g/mol. The largest absolute Gasteiger partial charge is 0.481 e. The number of furan rings is 1. The third-order valence-electron chi connectivity index (χ3n) is 4.03. The molecule has 1 aromatic rings. The smallest absolute Gasteiger partial charge is 0.305 e. The van der Waals surface area contributed by atoms with E-state index in [4.69, 9.17) is 9.52 Å². The topological polar surface area (TPSA) is 117 Å². The number of hydrogen-bond acceptors (Lipinski definition) is 5. The summed E-state index contributed by atoms with van der Waals surface area (Å²) in [5, 5.41) is 11.6. The fourth-order valence-corrected chi connectivity index (χ4v) is 3.63. The number of carbonyl (C=O) groups is 2. The molecule has 1 aromatic heterocycles. The normalized spacial score (nSPS) is 16.9. The van der Waals surface area contributed by atoms with Gasteiger partial charge in [-0.25, -0.2) is 12.7 Å². The van der Waals surface area contributed by atoms with E-state index in [1.165, 1.54) is 27.1 Å². The van der Waals surface area contributed by atoms with Crippen molar-refractivity contribution in [1.82, 2.24) is 9.62 Å². The van der Waals surface area contributed by atoms with Crippen molar-refractivity contribution in [3.05, 3.63) is 17.6 Å². The Morgan fingerprint density at radius 1 is 1.39 bits per heavy atom. The zero-order valence-corrected chi connectivity index (χ0v) is 14.1. The molecular formula is C14H20N2O6S. The van der Waals surface area contributed by atoms with Crippen LogP contribution in [0.25, 0.3) is 0 Å². The molecule has 0 saturated heterocycles. The third-order valence-corrected chi connectivity index (χ3v) is 5.96. The summed E-state index contributed by atoms with van der Waals surface area (Å²) in [6, 6.07) is 1.17. The first-order valence-electron chi connectivity index (χ1n) is 7.15. The quantitative estimate of drug-likeness (QED) is 0.794. The Hall–Kier alpha value is -1.87. The van der Waals surface area contributed by atoms with Crippen LogP contribution in [-0.4, -0.2) is 49.3 Å². The lowest BCUT2D eigenvalue weighted by atomic mass is 9.74. The summed E-state index contributed by atoms with van der Waals surface area (Å²) in [4.78, 5) is 23.1. The van der Waals surface area contributed by atoms with Gasteiger partial charge < -0.3 is 14.8 Å². The van der Waals surface area contributed by atoms with Crippen LogP contribution in [0.1, 0.15) is 42.0 Å². The van der Waals surface area contributed by atoms with Gasteiger partial charge >= 0.3 is 5.97 Å². The molecule has 1 amide bonds. The Bertz CT molecular complexity index is 730. The predicted octanol–water partition coefficient (Wildman–Crippen LogP) is 0.966. The zero-order chi connectivity index (χ0) is 17.4. The molecule has 2 N–H and O–H groups in total. The first kappa shape index (κ1) is 17.5. The molecule has 128 valence electrons. The lowest BCUT2D eigenvalue weighted by molar-refractivity contribution is -0.139. The van der Waals surface area contributed by atoms with Crippen LogP contribution < -0.4 is 5.32 Å². The van der Waals surface area contributed by atoms with Gasteiger partial charge in [0.1, 0.15) is 10.7 Å². The summed E-state index contributed by atoms with van der Waals surface area (Å²) in [6.07, 6.45) is 1.83. The fraction of sp³-hybridized carbons (Fsp3) is 0.571. The van der Waals surface area contributed by atoms with Gasteiger partial charge in [0.15, 0.2) is 5.76 Å². The molecule has 1 saturated carbocycles. The third kappa shape index (κ3) is 3.40. The van der Waals surface area contributed by atoms with Crippen LogP contribution in [-0.2, 0) is 14.8 Å². The molecule has 1 heterocycles. The van der Waals surface area contributed by atoms with Gasteiger partial charge in [0.05, 0.1) is 12.0 Å². The van der Waals surface area contributed by atoms with Gasteiger partial charge in [0.2, 0.25) is 10.0 Å². The van der Waals surface area contributed by atoms with Crippen LogP contribution in [0.3, 0.4) is 0 Å². The highest BCUT2D eigenvalue weighted by atomic mass is 32.2. The van der Waals surface area contributed by atoms with E-state index < -0.39 is 27.4 Å². The number of hydrogen-bond donors (Lipinski definition) is 2. The van der Waals surface area contributed by atoms with Gasteiger partial charge in [-0.05, 0) is 26.2 Å². The van der Waals surface area contributed by atoms with E-state index in [9.17, 15) is 18.0 Å². The molecule has 1 aliphatic carbocycles. The zero-order valence-electron chi connectivity index (χ0n) is 13.2. The summed E-state index contributed by atoms with van der Waals surface area (Å²) < 4.78 is 30.6. The van der Waals surface area contributed by atoms with Gasteiger partial charge in [-0.1, -0.05) is 0 Å². The maximum Gasteiger partial charge on any atom is 0.305 e. The summed E-state index contributed by atoms with van der Waals surface area (Å²) in [7, 11) is -0.936. The Morgan fingerprint density at radius 2 is 2.00 bits per heavy atom. The molecule has 8 nitrogen and oxygen atoms in total. The Labute approximate surface area is 134 Å². The van der Waals surface area contributed by atoms with Crippen LogP contribution in [0.5, 0.6) is 0 Å². The van der Waals surface area contributed by atoms with Gasteiger partial charge in [0, 0.05) is 20.2 Å². The number of aliphatic carboxylic acids is 1. The maximum absolute atomic E-state index is 12.3. The number of carboxylic acids is 1. The van der Waals surface area contributed by atoms with Crippen molar-refractivity contribution in [3.63, 3.8) is 0 Å². The van der Waals surface area contributed by atoms with E-state index in [0.717, 1.165) is 10.7 Å². The summed E-state index contributed by atoms with van der Waals surface area (Å²) >= 11 is 0. The second-order valence-corrected chi connectivity index (χ2v) is 8.10. The van der Waals surface area contributed by atoms with Gasteiger partial charge in [-0.15, -0.1) is 0 Å². The first-order chi connectivity index (χ1) is 10.6. The fourth-order valence-electron chi connectivity index (χ4n) is 2.57. The summed E-state index contributed by atoms with van der Waals surface area (Å²) in [5.41, 5.74) is -0.774. The van der Waals surface area contributed by atoms with E-state index in [0.29, 0.717) is 12.8 Å². The molecule has 0 bridgehead atoms. The molecule has 0 aromatic carbocycles. The Morgan fingerprint density at radius 3 is 2.43 bits per heavy atom. The van der Waals surface area contributed by atoms with Crippen molar-refractivity contribution in [2.75, 3.05) is 14.1 Å². The van der Waals surface area contributed by atoms with Crippen molar-refractivity contribution in [2.45, 2.75) is 43.0 Å². The molecule has 9 heteroatoms. The van der Waals surface area contributed by atoms with E-state index >= 15 is 0 Å². The molecule has 0 spiro atoms. The van der Waals surface area contributed by atoms with Gasteiger partial charge in [0.25, 0.3) is 5.91 Å². The Balaban J connectivity index is 2.23. The van der Waals surface area contributed by atoms with Crippen LogP contribution in [0.4, 0.5) is 0 Å². The van der Waals surface area contributed by atoms with Crippen molar-refractivity contribution in [1.29, 1.82) is 0 Å². The first-order valence-corrected chi connectivity index (χ1v) is 8.59. The molecule has 23 heavy (non-hydrogen) atoms. The predicted molar refractivity (Wildman–Crippen MR) is 80.6 cm³/mol. The number of amides is 1. The van der Waals surface area contributed by atoms with Crippen LogP contribution in [0.15, 0.2) is 15.4 Å². The molecule has 1 aliphatic rings. The van der Waals surface area contributed by atoms with E-state index in [-0.39, 0.29) is 22.8 Å². The summed E-state index contributed by atoms with van der Waals surface area (Å²) in [6.45, 7) is 1.46. The van der Waals surface area contributed by atoms with Crippen LogP contribution >= 0.6 is 0 Å². The molecular weight excluding hydrogens is 324 g/mol. The van der Waals surface area contributed by atoms with Crippen LogP contribution in [0, 0.1) is 6.92 Å². The number of nitrogens with one attached hydrogen (secondary N) is 1. The van der Waals surface area contributed by atoms with E-state index in [1.807, 2.05) is 0 Å². The van der Waals surface area contributed by atoms with Crippen molar-refractivity contribution >= 4 is 21.9 Å². The highest BCUT2D eigenvalue weighted by Crippen LogP contribution is 2.35. The van der Waals surface area contributed by atoms with Crippen molar-refractivity contribution in [3.8, 4) is 0 Å². The molecule has 0 atom stereocenters. The monoisotopic (exact) mass is 344 g/mol. The SMILES string of the molecule is Cc1oc(C(=O)NC2(CC(=O)O)CCC2)cc1S(=O)(=O)N(C)C. The lowest BCUT2D eigenvalue weighted by Gasteiger charge is -2.41. The number of rotatable bonds is 6. The lowest BCUT2D eigenvalue weighted by Crippen LogP contribution is -2.54. The number of sulfonamides is 1. The number of nitrogens with zero attached hydrogens (tertiary/aromatic N) is 1. The maximum atomic E-state index is 12.3. The van der Waals surface area contributed by atoms with E-state index in [2.05, 4.69) is 5.32 Å². The van der Waals surface area contributed by atoms with Crippen LogP contribution in [0.2, 0.25) is 0 Å². The molecule has 2 rings (SSSR count). The molecule has 0 unspecified atom stereocenters. The van der Waals surface area contributed by atoms with Gasteiger partial charge in [-0.2, -0.15) is 0 Å². The minimum atomic E-state index is -3.71. The minimum Gasteiger partial charge on any atom is -0.481 e. The second kappa shape index (κ2) is 5.97. The van der Waals surface area contributed by atoms with E-state index in [1.54, 1.807) is 0 Å². The van der Waals surface area contributed by atoms with Crippen molar-refractivity contribution in [2.24, 2.45) is 0 Å². The number of aryl methyl sites for hydroxylation is 1.